The van der Waals surface area contributed by atoms with Gasteiger partial charge in [0.2, 0.25) is 11.8 Å². The average Bonchev–Trinajstić information content (AvgIpc) is 3.31. The zero-order valence-electron chi connectivity index (χ0n) is 18.0. The Hall–Kier alpha value is -2.67. The fourth-order valence-corrected chi connectivity index (χ4v) is 5.40. The molecule has 6 nitrogen and oxygen atoms in total. The van der Waals surface area contributed by atoms with E-state index in [1.165, 1.54) is 0 Å². The molecule has 0 aliphatic carbocycles. The number of likely N-dealkylation sites (tertiary alicyclic amines) is 1. The molecule has 0 aromatic heterocycles. The first kappa shape index (κ1) is 21.6. The third-order valence-electron chi connectivity index (χ3n) is 5.95. The zero-order chi connectivity index (χ0) is 21.8. The van der Waals surface area contributed by atoms with E-state index in [9.17, 15) is 9.59 Å². The van der Waals surface area contributed by atoms with Crippen LogP contribution in [0.15, 0.2) is 47.4 Å². The van der Waals surface area contributed by atoms with Crippen molar-refractivity contribution >= 4 is 29.3 Å². The van der Waals surface area contributed by atoms with E-state index < -0.39 is 0 Å². The Balaban J connectivity index is 1.44. The number of amides is 2. The predicted octanol–water partition coefficient (Wildman–Crippen LogP) is 4.29. The molecule has 1 saturated heterocycles. The number of carbonyl (C=O) groups is 2. The predicted molar refractivity (Wildman–Crippen MR) is 122 cm³/mol. The highest BCUT2D eigenvalue weighted by atomic mass is 32.2. The van der Waals surface area contributed by atoms with Gasteiger partial charge in [0.15, 0.2) is 0 Å². The lowest BCUT2D eigenvalue weighted by Crippen LogP contribution is -2.37. The van der Waals surface area contributed by atoms with Crippen LogP contribution < -0.4 is 14.4 Å². The van der Waals surface area contributed by atoms with Crippen LogP contribution in [0.25, 0.3) is 0 Å². The Morgan fingerprint density at radius 3 is 2.65 bits per heavy atom. The molecule has 0 bridgehead atoms. The summed E-state index contributed by atoms with van der Waals surface area (Å²) in [7, 11) is 3.27. The highest BCUT2D eigenvalue weighted by Gasteiger charge is 2.32. The molecule has 2 aliphatic heterocycles. The highest BCUT2D eigenvalue weighted by Crippen LogP contribution is 2.39. The molecule has 2 aromatic carbocycles. The molecule has 2 aliphatic rings. The number of carbonyl (C=O) groups excluding carboxylic acids is 2. The van der Waals surface area contributed by atoms with Crippen molar-refractivity contribution in [3.8, 4) is 11.5 Å². The molecule has 0 spiro atoms. The number of hydrogen-bond acceptors (Lipinski definition) is 5. The van der Waals surface area contributed by atoms with Gasteiger partial charge in [-0.2, -0.15) is 0 Å². The van der Waals surface area contributed by atoms with Gasteiger partial charge in [-0.3, -0.25) is 9.59 Å². The summed E-state index contributed by atoms with van der Waals surface area (Å²) in [5, 5.41) is 0. The minimum Gasteiger partial charge on any atom is -0.497 e. The van der Waals surface area contributed by atoms with Crippen LogP contribution in [-0.4, -0.2) is 49.8 Å². The molecule has 4 rings (SSSR count). The average molecular weight is 441 g/mol. The number of ether oxygens (including phenoxy) is 2. The van der Waals surface area contributed by atoms with Crippen LogP contribution in [0.2, 0.25) is 0 Å². The Morgan fingerprint density at radius 2 is 1.84 bits per heavy atom. The molecular formula is C24H28N2O4S. The fourth-order valence-electron chi connectivity index (χ4n) is 4.41. The first-order valence-corrected chi connectivity index (χ1v) is 11.6. The van der Waals surface area contributed by atoms with E-state index in [0.29, 0.717) is 13.1 Å². The van der Waals surface area contributed by atoms with E-state index >= 15 is 0 Å². The van der Waals surface area contributed by atoms with E-state index in [2.05, 4.69) is 0 Å². The summed E-state index contributed by atoms with van der Waals surface area (Å²) >= 11 is 1.77. The van der Waals surface area contributed by atoms with Crippen molar-refractivity contribution in [3.05, 3.63) is 48.0 Å². The molecule has 31 heavy (non-hydrogen) atoms. The molecule has 2 aromatic rings. The molecule has 1 unspecified atom stereocenters. The molecule has 7 heteroatoms. The van der Waals surface area contributed by atoms with Gasteiger partial charge in [0.05, 0.1) is 25.9 Å². The standard InChI is InChI=1S/C24H28N2O4S/c1-29-17-9-10-21(30-2)18(16-17)19-7-5-13-25(19)23(27)11-12-24(28)26-14-15-31-22-8-4-3-6-20(22)26/h3-4,6,8-10,16,19H,5,7,11-15H2,1-2H3. The highest BCUT2D eigenvalue weighted by molar-refractivity contribution is 7.99. The zero-order valence-corrected chi connectivity index (χ0v) is 18.8. The number of rotatable bonds is 6. The second-order valence-electron chi connectivity index (χ2n) is 7.71. The van der Waals surface area contributed by atoms with Gasteiger partial charge in [0.25, 0.3) is 0 Å². The molecule has 1 fully saturated rings. The Bertz CT molecular complexity index is 964. The molecule has 0 saturated carbocycles. The summed E-state index contributed by atoms with van der Waals surface area (Å²) < 4.78 is 10.9. The first-order valence-electron chi connectivity index (χ1n) is 10.7. The Morgan fingerprint density at radius 1 is 1.03 bits per heavy atom. The van der Waals surface area contributed by atoms with Gasteiger partial charge in [-0.1, -0.05) is 12.1 Å². The van der Waals surface area contributed by atoms with Gasteiger partial charge < -0.3 is 19.3 Å². The molecular weight excluding hydrogens is 412 g/mol. The number of methoxy groups -OCH3 is 2. The van der Waals surface area contributed by atoms with Crippen LogP contribution in [0, 0.1) is 0 Å². The molecule has 0 radical (unpaired) electrons. The lowest BCUT2D eigenvalue weighted by molar-refractivity contribution is -0.134. The summed E-state index contributed by atoms with van der Waals surface area (Å²) in [6.45, 7) is 1.38. The van der Waals surface area contributed by atoms with Crippen molar-refractivity contribution in [2.45, 2.75) is 36.6 Å². The molecule has 2 amide bonds. The number of para-hydroxylation sites is 1. The maximum atomic E-state index is 13.1. The third-order valence-corrected chi connectivity index (χ3v) is 6.99. The number of anilines is 1. The van der Waals surface area contributed by atoms with Gasteiger partial charge in [0.1, 0.15) is 11.5 Å². The Kier molecular flexibility index (Phi) is 6.70. The second kappa shape index (κ2) is 9.64. The van der Waals surface area contributed by atoms with Crippen LogP contribution in [0.4, 0.5) is 5.69 Å². The molecule has 164 valence electrons. The van der Waals surface area contributed by atoms with Gasteiger partial charge >= 0.3 is 0 Å². The van der Waals surface area contributed by atoms with Gasteiger partial charge in [-0.05, 0) is 43.2 Å². The van der Waals surface area contributed by atoms with Crippen LogP contribution in [-0.2, 0) is 9.59 Å². The quantitative estimate of drug-likeness (QED) is 0.671. The van der Waals surface area contributed by atoms with Crippen LogP contribution in [0.3, 0.4) is 0 Å². The van der Waals surface area contributed by atoms with Crippen molar-refractivity contribution in [2.24, 2.45) is 0 Å². The van der Waals surface area contributed by atoms with E-state index in [0.717, 1.165) is 46.2 Å². The van der Waals surface area contributed by atoms with Crippen molar-refractivity contribution in [1.29, 1.82) is 0 Å². The normalized spacial score (nSPS) is 17.9. The van der Waals surface area contributed by atoms with Crippen molar-refractivity contribution in [1.82, 2.24) is 4.90 Å². The van der Waals surface area contributed by atoms with Crippen molar-refractivity contribution in [2.75, 3.05) is 38.0 Å². The van der Waals surface area contributed by atoms with Crippen molar-refractivity contribution < 1.29 is 19.1 Å². The summed E-state index contributed by atoms with van der Waals surface area (Å²) in [4.78, 5) is 30.9. The number of benzene rings is 2. The number of thioether (sulfide) groups is 1. The Labute approximate surface area is 187 Å². The second-order valence-corrected chi connectivity index (χ2v) is 8.85. The van der Waals surface area contributed by atoms with Gasteiger partial charge in [-0.25, -0.2) is 0 Å². The lowest BCUT2D eigenvalue weighted by atomic mass is 10.0. The van der Waals surface area contributed by atoms with E-state index in [1.54, 1.807) is 26.0 Å². The van der Waals surface area contributed by atoms with Gasteiger partial charge in [0, 0.05) is 42.1 Å². The first-order chi connectivity index (χ1) is 15.1. The fraction of sp³-hybridized carbons (Fsp3) is 0.417. The van der Waals surface area contributed by atoms with Gasteiger partial charge in [-0.15, -0.1) is 11.8 Å². The monoisotopic (exact) mass is 440 g/mol. The van der Waals surface area contributed by atoms with Crippen molar-refractivity contribution in [3.63, 3.8) is 0 Å². The van der Waals surface area contributed by atoms with E-state index in [1.807, 2.05) is 52.3 Å². The van der Waals surface area contributed by atoms with E-state index in [-0.39, 0.29) is 30.7 Å². The SMILES string of the molecule is COc1ccc(OC)c(C2CCCN2C(=O)CCC(=O)N2CCSc3ccccc32)c1. The molecule has 2 heterocycles. The summed E-state index contributed by atoms with van der Waals surface area (Å²) in [6, 6.07) is 13.6. The number of hydrogen-bond donors (Lipinski definition) is 0. The number of nitrogens with zero attached hydrogens (tertiary/aromatic N) is 2. The summed E-state index contributed by atoms with van der Waals surface area (Å²) in [5.74, 6) is 2.40. The lowest BCUT2D eigenvalue weighted by Gasteiger charge is -2.30. The smallest absolute Gasteiger partial charge is 0.227 e. The largest absolute Gasteiger partial charge is 0.497 e. The summed E-state index contributed by atoms with van der Waals surface area (Å²) in [6.07, 6.45) is 2.24. The topological polar surface area (TPSA) is 59.1 Å². The minimum absolute atomic E-state index is 0.0100. The maximum absolute atomic E-state index is 13.1. The summed E-state index contributed by atoms with van der Waals surface area (Å²) in [5.41, 5.74) is 1.91. The third kappa shape index (κ3) is 4.51. The molecule has 1 atom stereocenters. The van der Waals surface area contributed by atoms with Crippen LogP contribution in [0.1, 0.15) is 37.3 Å². The van der Waals surface area contributed by atoms with E-state index in [4.69, 9.17) is 9.47 Å². The van der Waals surface area contributed by atoms with Crippen LogP contribution in [0.5, 0.6) is 11.5 Å². The van der Waals surface area contributed by atoms with Crippen LogP contribution >= 0.6 is 11.8 Å². The molecule has 0 N–H and O–H groups in total. The maximum Gasteiger partial charge on any atom is 0.227 e. The minimum atomic E-state index is -0.0558. The number of fused-ring (bicyclic) bond motifs is 1.